The van der Waals surface area contributed by atoms with Crippen LogP contribution < -0.4 is 26.4 Å². The Hall–Kier alpha value is -2.69. The maximum absolute atomic E-state index is 6.21. The predicted octanol–water partition coefficient (Wildman–Crippen LogP) is 4.25. The summed E-state index contributed by atoms with van der Waals surface area (Å²) in [7, 11) is 0. The van der Waals surface area contributed by atoms with Crippen LogP contribution in [0.3, 0.4) is 0 Å². The van der Waals surface area contributed by atoms with Crippen LogP contribution in [0.25, 0.3) is 22.9 Å². The molecule has 0 saturated carbocycles. The van der Waals surface area contributed by atoms with Crippen LogP contribution >= 0.6 is 11.6 Å². The van der Waals surface area contributed by atoms with Crippen LogP contribution in [0.2, 0.25) is 0 Å². The Bertz CT molecular complexity index is 1360. The zero-order valence-electron chi connectivity index (χ0n) is 18.4. The van der Waals surface area contributed by atoms with E-state index in [0.717, 1.165) is 17.9 Å². The number of halogens is 1. The fourth-order valence-electron chi connectivity index (χ4n) is 5.27. The van der Waals surface area contributed by atoms with Gasteiger partial charge in [0.05, 0.1) is 18.5 Å². The minimum atomic E-state index is 0.0613. The van der Waals surface area contributed by atoms with Crippen LogP contribution in [0.5, 0.6) is 0 Å². The molecule has 0 bridgehead atoms. The van der Waals surface area contributed by atoms with E-state index in [4.69, 9.17) is 11.6 Å². The van der Waals surface area contributed by atoms with Crippen LogP contribution in [-0.2, 0) is 0 Å². The molecule has 6 rings (SSSR count). The van der Waals surface area contributed by atoms with E-state index in [1.165, 1.54) is 26.8 Å². The maximum Gasteiger partial charge on any atom is 0.0859 e. The van der Waals surface area contributed by atoms with Crippen molar-refractivity contribution in [3.63, 3.8) is 0 Å². The third-order valence-corrected chi connectivity index (χ3v) is 7.38. The quantitative estimate of drug-likeness (QED) is 0.554. The lowest BCUT2D eigenvalue weighted by atomic mass is 9.90. The van der Waals surface area contributed by atoms with Crippen LogP contribution in [0.1, 0.15) is 24.6 Å². The van der Waals surface area contributed by atoms with Crippen molar-refractivity contribution in [3.05, 3.63) is 106 Å². The molecule has 3 nitrogen and oxygen atoms in total. The zero-order chi connectivity index (χ0) is 22.2. The Morgan fingerprint density at radius 2 is 1.42 bits per heavy atom. The Balaban J connectivity index is 1.33. The summed E-state index contributed by atoms with van der Waals surface area (Å²) in [6.45, 7) is 0. The molecule has 1 aliphatic heterocycles. The second kappa shape index (κ2) is 8.92. The van der Waals surface area contributed by atoms with E-state index >= 15 is 0 Å². The lowest BCUT2D eigenvalue weighted by molar-refractivity contribution is 0.149. The van der Waals surface area contributed by atoms with Gasteiger partial charge < -0.3 is 0 Å². The lowest BCUT2D eigenvalue weighted by Crippen LogP contribution is -2.67. The number of hydrogen-bond donors (Lipinski definition) is 3. The molecule has 0 amide bonds. The first-order chi connectivity index (χ1) is 16.2. The van der Waals surface area contributed by atoms with Gasteiger partial charge in [-0.3, -0.25) is 16.0 Å². The Morgan fingerprint density at radius 3 is 2.24 bits per heavy atom. The summed E-state index contributed by atoms with van der Waals surface area (Å²) < 4.78 is 0. The Morgan fingerprint density at radius 1 is 0.697 bits per heavy atom. The van der Waals surface area contributed by atoms with E-state index < -0.39 is 0 Å². The van der Waals surface area contributed by atoms with Gasteiger partial charge in [-0.25, -0.2) is 0 Å². The largest absolute Gasteiger partial charge is 0.285 e. The second-order valence-electron chi connectivity index (χ2n) is 9.24. The first-order valence-electron chi connectivity index (χ1n) is 11.8. The zero-order valence-corrected chi connectivity index (χ0v) is 19.2. The molecule has 1 fully saturated rings. The third-order valence-electron chi connectivity index (χ3n) is 7.10. The highest BCUT2D eigenvalue weighted by atomic mass is 35.5. The van der Waals surface area contributed by atoms with E-state index in [-0.39, 0.29) is 18.5 Å². The summed E-state index contributed by atoms with van der Waals surface area (Å²) in [5.74, 6) is 0.721. The molecule has 0 aromatic heterocycles. The second-order valence-corrected chi connectivity index (χ2v) is 9.68. The van der Waals surface area contributed by atoms with Gasteiger partial charge in [0.2, 0.25) is 0 Å². The molecular formula is C29H28ClN3. The van der Waals surface area contributed by atoms with Crippen molar-refractivity contribution in [3.8, 4) is 0 Å². The molecule has 5 atom stereocenters. The minimum Gasteiger partial charge on any atom is -0.285 e. The molecular weight excluding hydrogens is 426 g/mol. The summed E-state index contributed by atoms with van der Waals surface area (Å²) in [5.41, 5.74) is 1.26. The molecule has 1 heterocycles. The molecule has 1 saturated heterocycles. The van der Waals surface area contributed by atoms with Crippen molar-refractivity contribution in [2.75, 3.05) is 0 Å². The highest BCUT2D eigenvalue weighted by Gasteiger charge is 2.35. The van der Waals surface area contributed by atoms with E-state index in [2.05, 4.69) is 107 Å². The monoisotopic (exact) mass is 453 g/mol. The maximum atomic E-state index is 6.21. The van der Waals surface area contributed by atoms with Crippen LogP contribution in [-0.4, -0.2) is 12.3 Å². The Kier molecular flexibility index (Phi) is 5.65. The number of benzene rings is 3. The van der Waals surface area contributed by atoms with Crippen molar-refractivity contribution < 1.29 is 0 Å². The van der Waals surface area contributed by atoms with Crippen LogP contribution in [0.15, 0.2) is 90.0 Å². The molecule has 33 heavy (non-hydrogen) atoms. The summed E-state index contributed by atoms with van der Waals surface area (Å²) >= 11 is 6.21. The normalized spacial score (nSPS) is 29.0. The molecule has 4 heteroatoms. The highest BCUT2D eigenvalue weighted by Crippen LogP contribution is 2.28. The molecule has 0 radical (unpaired) electrons. The molecule has 2 aliphatic carbocycles. The van der Waals surface area contributed by atoms with Gasteiger partial charge in [0.25, 0.3) is 0 Å². The average molecular weight is 454 g/mol. The van der Waals surface area contributed by atoms with Crippen molar-refractivity contribution in [2.24, 2.45) is 11.8 Å². The summed E-state index contributed by atoms with van der Waals surface area (Å²) in [6, 6.07) is 24.0. The lowest BCUT2D eigenvalue weighted by Gasteiger charge is -2.44. The molecule has 3 aromatic carbocycles. The average Bonchev–Trinajstić information content (AvgIpc) is 2.88. The van der Waals surface area contributed by atoms with Gasteiger partial charge in [0, 0.05) is 16.9 Å². The summed E-state index contributed by atoms with van der Waals surface area (Å²) in [6.07, 6.45) is 13.5. The van der Waals surface area contributed by atoms with Crippen molar-refractivity contribution in [1.82, 2.24) is 16.0 Å². The molecule has 3 aromatic rings. The molecule has 5 unspecified atom stereocenters. The minimum absolute atomic E-state index is 0.0613. The topological polar surface area (TPSA) is 36.1 Å². The van der Waals surface area contributed by atoms with Crippen molar-refractivity contribution >= 4 is 34.5 Å². The van der Waals surface area contributed by atoms with Gasteiger partial charge in [-0.05, 0) is 51.8 Å². The fourth-order valence-corrected chi connectivity index (χ4v) is 5.43. The SMILES string of the molecule is ClC1=CCC(C2NC(c3ccc4ccccc4c3)NC(C3C=c4ccccc4=CC3)N2)C=C1. The molecule has 0 spiro atoms. The van der Waals surface area contributed by atoms with Gasteiger partial charge in [-0.1, -0.05) is 96.6 Å². The molecule has 3 N–H and O–H groups in total. The number of hydrogen-bond acceptors (Lipinski definition) is 3. The molecule has 166 valence electrons. The van der Waals surface area contributed by atoms with Gasteiger partial charge in [0.15, 0.2) is 0 Å². The van der Waals surface area contributed by atoms with Crippen molar-refractivity contribution in [2.45, 2.75) is 31.3 Å². The smallest absolute Gasteiger partial charge is 0.0859 e. The van der Waals surface area contributed by atoms with Crippen LogP contribution in [0.4, 0.5) is 0 Å². The van der Waals surface area contributed by atoms with E-state index in [1.54, 1.807) is 0 Å². The highest BCUT2D eigenvalue weighted by molar-refractivity contribution is 6.31. The van der Waals surface area contributed by atoms with Crippen LogP contribution in [0, 0.1) is 11.8 Å². The molecule has 3 aliphatic rings. The third kappa shape index (κ3) is 4.30. The van der Waals surface area contributed by atoms with E-state index in [9.17, 15) is 0 Å². The number of nitrogens with one attached hydrogen (secondary N) is 3. The fraction of sp³-hybridized carbons (Fsp3) is 0.241. The summed E-state index contributed by atoms with van der Waals surface area (Å²) in [5, 5.41) is 17.6. The number of allylic oxidation sites excluding steroid dienone is 3. The number of rotatable bonds is 3. The Labute approximate surface area is 199 Å². The van der Waals surface area contributed by atoms with Gasteiger partial charge in [-0.15, -0.1) is 0 Å². The van der Waals surface area contributed by atoms with E-state index in [1.807, 2.05) is 6.08 Å². The standard InChI is InChI=1S/C29H28ClN3/c30-26-15-13-21(14-16-26)27-31-28(24-11-9-19-5-1-3-7-22(19)17-24)33-29(32-27)25-12-10-20-6-2-4-8-23(20)18-25/h1-11,13,15-18,21,25,27-29,31-33H,12,14H2. The van der Waals surface area contributed by atoms with Gasteiger partial charge >= 0.3 is 0 Å². The van der Waals surface area contributed by atoms with Crippen molar-refractivity contribution in [1.29, 1.82) is 0 Å². The predicted molar refractivity (Wildman–Crippen MR) is 138 cm³/mol. The van der Waals surface area contributed by atoms with E-state index in [0.29, 0.717) is 11.8 Å². The van der Waals surface area contributed by atoms with Gasteiger partial charge in [-0.2, -0.15) is 0 Å². The van der Waals surface area contributed by atoms with Gasteiger partial charge in [0.1, 0.15) is 0 Å². The first kappa shape index (κ1) is 20.9. The first-order valence-corrected chi connectivity index (χ1v) is 12.2. The summed E-state index contributed by atoms with van der Waals surface area (Å²) in [4.78, 5) is 0. The number of fused-ring (bicyclic) bond motifs is 2.